The molecule has 0 aromatic carbocycles. The van der Waals surface area contributed by atoms with Gasteiger partial charge in [0.2, 0.25) is 0 Å². The van der Waals surface area contributed by atoms with Crippen LogP contribution in [0.25, 0.3) is 0 Å². The van der Waals surface area contributed by atoms with Gasteiger partial charge in [0, 0.05) is 24.6 Å². The standard InChI is InChI=1S/C10H15N3O4/c11-13-10(17)7-3-6(4-12-5-7)9(16)8(15)1-2-14/h3-5,8-9,14-16H,1-2,11H2,(H,13,17). The number of nitrogen functional groups attached to an aromatic ring is 1. The van der Waals surface area contributed by atoms with Crippen LogP contribution < -0.4 is 11.3 Å². The van der Waals surface area contributed by atoms with Crippen molar-refractivity contribution in [1.82, 2.24) is 10.4 Å². The molecular weight excluding hydrogens is 226 g/mol. The summed E-state index contributed by atoms with van der Waals surface area (Å²) in [6, 6.07) is 1.38. The van der Waals surface area contributed by atoms with E-state index in [4.69, 9.17) is 10.9 Å². The lowest BCUT2D eigenvalue weighted by molar-refractivity contribution is 0.00400. The molecule has 0 aliphatic carbocycles. The highest BCUT2D eigenvalue weighted by atomic mass is 16.3. The SMILES string of the molecule is NNC(=O)c1cncc(C(O)C(O)CCO)c1. The number of rotatable bonds is 5. The van der Waals surface area contributed by atoms with E-state index in [1.807, 2.05) is 5.43 Å². The lowest BCUT2D eigenvalue weighted by Gasteiger charge is -2.17. The normalized spacial score (nSPS) is 14.1. The third-order valence-corrected chi connectivity index (χ3v) is 2.28. The molecule has 17 heavy (non-hydrogen) atoms. The monoisotopic (exact) mass is 241 g/mol. The topological polar surface area (TPSA) is 129 Å². The van der Waals surface area contributed by atoms with E-state index in [0.29, 0.717) is 0 Å². The number of aromatic nitrogens is 1. The van der Waals surface area contributed by atoms with E-state index in [9.17, 15) is 15.0 Å². The summed E-state index contributed by atoms with van der Waals surface area (Å²) in [6.45, 7) is -0.241. The highest BCUT2D eigenvalue weighted by molar-refractivity contribution is 5.93. The quantitative estimate of drug-likeness (QED) is 0.241. The molecule has 0 radical (unpaired) electrons. The summed E-state index contributed by atoms with van der Waals surface area (Å²) in [5.74, 6) is 4.43. The van der Waals surface area contributed by atoms with Crippen molar-refractivity contribution >= 4 is 5.91 Å². The van der Waals surface area contributed by atoms with Gasteiger partial charge in [0.15, 0.2) is 0 Å². The van der Waals surface area contributed by atoms with Crippen LogP contribution in [0.3, 0.4) is 0 Å². The molecule has 0 saturated heterocycles. The Hall–Kier alpha value is -1.54. The summed E-state index contributed by atoms with van der Waals surface area (Å²) in [4.78, 5) is 15.0. The Morgan fingerprint density at radius 1 is 1.47 bits per heavy atom. The molecule has 7 nitrogen and oxygen atoms in total. The second-order valence-electron chi connectivity index (χ2n) is 3.50. The number of pyridine rings is 1. The zero-order chi connectivity index (χ0) is 12.8. The number of carbonyl (C=O) groups excluding carboxylic acids is 1. The average Bonchev–Trinajstić information content (AvgIpc) is 2.37. The van der Waals surface area contributed by atoms with Crippen molar-refractivity contribution in [2.24, 2.45) is 5.84 Å². The van der Waals surface area contributed by atoms with Crippen molar-refractivity contribution in [3.05, 3.63) is 29.6 Å². The summed E-state index contributed by atoms with van der Waals surface area (Å²) < 4.78 is 0. The molecule has 0 bridgehead atoms. The van der Waals surface area contributed by atoms with E-state index in [-0.39, 0.29) is 24.2 Å². The van der Waals surface area contributed by atoms with E-state index in [2.05, 4.69) is 4.98 Å². The smallest absolute Gasteiger partial charge is 0.266 e. The van der Waals surface area contributed by atoms with Gasteiger partial charge in [-0.1, -0.05) is 0 Å². The second-order valence-corrected chi connectivity index (χ2v) is 3.50. The van der Waals surface area contributed by atoms with Crippen molar-refractivity contribution in [2.45, 2.75) is 18.6 Å². The molecule has 0 fully saturated rings. The van der Waals surface area contributed by atoms with Gasteiger partial charge < -0.3 is 15.3 Å². The van der Waals surface area contributed by atoms with Crippen molar-refractivity contribution in [3.8, 4) is 0 Å². The van der Waals surface area contributed by atoms with Crippen LogP contribution in [0, 0.1) is 0 Å². The third kappa shape index (κ3) is 3.46. The number of hydrogen-bond donors (Lipinski definition) is 5. The van der Waals surface area contributed by atoms with Gasteiger partial charge >= 0.3 is 0 Å². The van der Waals surface area contributed by atoms with Crippen LogP contribution in [0.2, 0.25) is 0 Å². The number of nitrogens with one attached hydrogen (secondary N) is 1. The molecular formula is C10H15N3O4. The van der Waals surface area contributed by atoms with Gasteiger partial charge in [-0.05, 0) is 12.5 Å². The van der Waals surface area contributed by atoms with Crippen LogP contribution in [0.15, 0.2) is 18.5 Å². The van der Waals surface area contributed by atoms with Gasteiger partial charge in [-0.3, -0.25) is 15.2 Å². The summed E-state index contributed by atoms with van der Waals surface area (Å²) in [7, 11) is 0. The fourth-order valence-electron chi connectivity index (χ4n) is 1.34. The Labute approximate surface area is 97.9 Å². The minimum Gasteiger partial charge on any atom is -0.396 e. The second kappa shape index (κ2) is 6.26. The van der Waals surface area contributed by atoms with E-state index >= 15 is 0 Å². The summed E-state index contributed by atoms with van der Waals surface area (Å²) in [5, 5.41) is 27.9. The molecule has 0 spiro atoms. The van der Waals surface area contributed by atoms with Gasteiger partial charge in [0.05, 0.1) is 11.7 Å². The van der Waals surface area contributed by atoms with Crippen LogP contribution in [-0.2, 0) is 0 Å². The van der Waals surface area contributed by atoms with Crippen LogP contribution in [0.4, 0.5) is 0 Å². The van der Waals surface area contributed by atoms with E-state index in [0.717, 1.165) is 0 Å². The first-order chi connectivity index (χ1) is 8.10. The number of nitrogens with zero attached hydrogens (tertiary/aromatic N) is 1. The summed E-state index contributed by atoms with van der Waals surface area (Å²) in [5.41, 5.74) is 2.40. The molecule has 6 N–H and O–H groups in total. The highest BCUT2D eigenvalue weighted by Crippen LogP contribution is 2.18. The Bertz CT molecular complexity index is 386. The molecule has 1 rings (SSSR count). The van der Waals surface area contributed by atoms with E-state index in [1.54, 1.807) is 0 Å². The summed E-state index contributed by atoms with van der Waals surface area (Å²) in [6.07, 6.45) is 0.335. The molecule has 1 aromatic rings. The molecule has 0 saturated carbocycles. The van der Waals surface area contributed by atoms with Gasteiger partial charge in [0.25, 0.3) is 5.91 Å². The van der Waals surface area contributed by atoms with Crippen LogP contribution in [0.5, 0.6) is 0 Å². The number of aliphatic hydroxyl groups excluding tert-OH is 3. The first-order valence-corrected chi connectivity index (χ1v) is 5.03. The number of aliphatic hydroxyl groups is 3. The minimum absolute atomic E-state index is 0.0362. The number of hydrazine groups is 1. The number of nitrogens with two attached hydrogens (primary N) is 1. The lowest BCUT2D eigenvalue weighted by Crippen LogP contribution is -2.30. The van der Waals surface area contributed by atoms with E-state index < -0.39 is 18.1 Å². The number of hydrogen-bond acceptors (Lipinski definition) is 6. The Morgan fingerprint density at radius 2 is 2.18 bits per heavy atom. The minimum atomic E-state index is -1.21. The third-order valence-electron chi connectivity index (χ3n) is 2.28. The highest BCUT2D eigenvalue weighted by Gasteiger charge is 2.19. The fourth-order valence-corrected chi connectivity index (χ4v) is 1.34. The van der Waals surface area contributed by atoms with Crippen molar-refractivity contribution < 1.29 is 20.1 Å². The van der Waals surface area contributed by atoms with Crippen molar-refractivity contribution in [3.63, 3.8) is 0 Å². The van der Waals surface area contributed by atoms with Gasteiger partial charge in [-0.15, -0.1) is 0 Å². The summed E-state index contributed by atoms with van der Waals surface area (Å²) >= 11 is 0. The number of carbonyl (C=O) groups is 1. The zero-order valence-corrected chi connectivity index (χ0v) is 9.08. The Morgan fingerprint density at radius 3 is 2.76 bits per heavy atom. The maximum Gasteiger partial charge on any atom is 0.266 e. The van der Waals surface area contributed by atoms with E-state index in [1.165, 1.54) is 18.5 Å². The molecule has 0 aliphatic rings. The predicted octanol–water partition coefficient (Wildman–Crippen LogP) is -1.54. The Kier molecular flexibility index (Phi) is 4.98. The van der Waals surface area contributed by atoms with Crippen molar-refractivity contribution in [1.29, 1.82) is 0 Å². The van der Waals surface area contributed by atoms with Gasteiger partial charge in [-0.25, -0.2) is 5.84 Å². The van der Waals surface area contributed by atoms with Crippen LogP contribution >= 0.6 is 0 Å². The number of amides is 1. The molecule has 7 heteroatoms. The van der Waals surface area contributed by atoms with Gasteiger partial charge in [-0.2, -0.15) is 0 Å². The first-order valence-electron chi connectivity index (χ1n) is 5.03. The van der Waals surface area contributed by atoms with Crippen LogP contribution in [-0.4, -0.2) is 38.9 Å². The van der Waals surface area contributed by atoms with Gasteiger partial charge in [0.1, 0.15) is 6.10 Å². The molecule has 1 amide bonds. The van der Waals surface area contributed by atoms with Crippen molar-refractivity contribution in [2.75, 3.05) is 6.61 Å². The fraction of sp³-hybridized carbons (Fsp3) is 0.400. The largest absolute Gasteiger partial charge is 0.396 e. The molecule has 0 aliphatic heterocycles. The Balaban J connectivity index is 2.87. The molecule has 2 atom stereocenters. The lowest BCUT2D eigenvalue weighted by atomic mass is 10.0. The molecule has 1 aromatic heterocycles. The maximum atomic E-state index is 11.2. The predicted molar refractivity (Wildman–Crippen MR) is 58.6 cm³/mol. The average molecular weight is 241 g/mol. The zero-order valence-electron chi connectivity index (χ0n) is 9.08. The molecule has 2 unspecified atom stereocenters. The molecule has 94 valence electrons. The maximum absolute atomic E-state index is 11.2. The first kappa shape index (κ1) is 13.5. The van der Waals surface area contributed by atoms with Crippen LogP contribution in [0.1, 0.15) is 28.4 Å². The molecule has 1 heterocycles.